The third-order valence-electron chi connectivity index (χ3n) is 3.14. The number of halogens is 1. The Morgan fingerprint density at radius 3 is 2.76 bits per heavy atom. The molecular formula is C17H21BrN2O. The number of aromatic nitrogens is 1. The van der Waals surface area contributed by atoms with Gasteiger partial charge in [0.1, 0.15) is 5.75 Å². The molecule has 0 aliphatic heterocycles. The molecule has 1 aromatic carbocycles. The van der Waals surface area contributed by atoms with Gasteiger partial charge in [-0.05, 0) is 55.3 Å². The van der Waals surface area contributed by atoms with E-state index in [4.69, 9.17) is 4.74 Å². The number of nitrogens with one attached hydrogen (secondary N) is 1. The predicted molar refractivity (Wildman–Crippen MR) is 89.6 cm³/mol. The standard InChI is InChI=1S/C17H21BrN2O/c1-2-11-21-17-4-3-16(18)12-15(17)13-20-10-7-14-5-8-19-9-6-14/h3-6,8-9,12,20H,2,7,10-11,13H2,1H3. The first kappa shape index (κ1) is 16.0. The fourth-order valence-corrected chi connectivity index (χ4v) is 2.45. The van der Waals surface area contributed by atoms with Gasteiger partial charge in [-0.1, -0.05) is 22.9 Å². The Bertz CT molecular complexity index is 546. The van der Waals surface area contributed by atoms with E-state index in [0.717, 1.165) is 42.8 Å². The second-order valence-corrected chi connectivity index (χ2v) is 5.80. The summed E-state index contributed by atoms with van der Waals surface area (Å²) in [7, 11) is 0. The van der Waals surface area contributed by atoms with Crippen LogP contribution in [0, 0.1) is 0 Å². The van der Waals surface area contributed by atoms with Crippen molar-refractivity contribution in [3.8, 4) is 5.75 Å². The second kappa shape index (κ2) is 8.80. The molecule has 2 rings (SSSR count). The molecule has 0 bridgehead atoms. The highest BCUT2D eigenvalue weighted by molar-refractivity contribution is 9.10. The monoisotopic (exact) mass is 348 g/mol. The summed E-state index contributed by atoms with van der Waals surface area (Å²) in [4.78, 5) is 4.03. The molecule has 21 heavy (non-hydrogen) atoms. The van der Waals surface area contributed by atoms with Crippen LogP contribution in [0.5, 0.6) is 5.75 Å². The molecule has 0 atom stereocenters. The summed E-state index contributed by atoms with van der Waals surface area (Å²) >= 11 is 3.52. The van der Waals surface area contributed by atoms with Gasteiger partial charge in [0.05, 0.1) is 6.61 Å². The van der Waals surface area contributed by atoms with E-state index in [0.29, 0.717) is 0 Å². The van der Waals surface area contributed by atoms with Gasteiger partial charge < -0.3 is 10.1 Å². The minimum absolute atomic E-state index is 0.756. The van der Waals surface area contributed by atoms with Crippen molar-refractivity contribution in [3.05, 3.63) is 58.3 Å². The molecule has 1 heterocycles. The van der Waals surface area contributed by atoms with Gasteiger partial charge in [-0.3, -0.25) is 4.98 Å². The number of nitrogens with zero attached hydrogens (tertiary/aromatic N) is 1. The third-order valence-corrected chi connectivity index (χ3v) is 3.63. The zero-order valence-electron chi connectivity index (χ0n) is 12.3. The second-order valence-electron chi connectivity index (χ2n) is 4.88. The maximum absolute atomic E-state index is 5.79. The first-order chi connectivity index (χ1) is 10.3. The summed E-state index contributed by atoms with van der Waals surface area (Å²) in [5, 5.41) is 3.47. The van der Waals surface area contributed by atoms with Crippen LogP contribution in [-0.4, -0.2) is 18.1 Å². The summed E-state index contributed by atoms with van der Waals surface area (Å²) in [6, 6.07) is 10.3. The molecule has 0 saturated carbocycles. The highest BCUT2D eigenvalue weighted by Crippen LogP contribution is 2.23. The Kier molecular flexibility index (Phi) is 6.70. The van der Waals surface area contributed by atoms with E-state index >= 15 is 0 Å². The molecule has 112 valence electrons. The van der Waals surface area contributed by atoms with E-state index in [2.05, 4.69) is 51.4 Å². The number of pyridine rings is 1. The lowest BCUT2D eigenvalue weighted by atomic mass is 10.2. The molecule has 2 aromatic rings. The van der Waals surface area contributed by atoms with Gasteiger partial charge in [0.25, 0.3) is 0 Å². The normalized spacial score (nSPS) is 10.6. The molecular weight excluding hydrogens is 328 g/mol. The smallest absolute Gasteiger partial charge is 0.123 e. The first-order valence-electron chi connectivity index (χ1n) is 7.30. The molecule has 1 aromatic heterocycles. The lowest BCUT2D eigenvalue weighted by molar-refractivity contribution is 0.313. The molecule has 0 spiro atoms. The predicted octanol–water partition coefficient (Wildman–Crippen LogP) is 3.97. The van der Waals surface area contributed by atoms with E-state index < -0.39 is 0 Å². The Hall–Kier alpha value is -1.39. The molecule has 1 N–H and O–H groups in total. The average molecular weight is 349 g/mol. The third kappa shape index (κ3) is 5.48. The summed E-state index contributed by atoms with van der Waals surface area (Å²) in [5.74, 6) is 0.969. The fourth-order valence-electron chi connectivity index (χ4n) is 2.04. The highest BCUT2D eigenvalue weighted by atomic mass is 79.9. The minimum atomic E-state index is 0.756. The highest BCUT2D eigenvalue weighted by Gasteiger charge is 2.04. The van der Waals surface area contributed by atoms with Crippen molar-refractivity contribution in [2.45, 2.75) is 26.3 Å². The molecule has 0 aliphatic carbocycles. The van der Waals surface area contributed by atoms with E-state index in [9.17, 15) is 0 Å². The zero-order chi connectivity index (χ0) is 14.9. The van der Waals surface area contributed by atoms with Gasteiger partial charge in [-0.25, -0.2) is 0 Å². The van der Waals surface area contributed by atoms with Crippen LogP contribution in [0.4, 0.5) is 0 Å². The summed E-state index contributed by atoms with van der Waals surface area (Å²) in [6.45, 7) is 4.62. The van der Waals surface area contributed by atoms with Gasteiger partial charge in [-0.2, -0.15) is 0 Å². The van der Waals surface area contributed by atoms with Gasteiger partial charge >= 0.3 is 0 Å². The van der Waals surface area contributed by atoms with Crippen molar-refractivity contribution in [3.63, 3.8) is 0 Å². The van der Waals surface area contributed by atoms with E-state index in [1.54, 1.807) is 0 Å². The largest absolute Gasteiger partial charge is 0.493 e. The molecule has 3 nitrogen and oxygen atoms in total. The molecule has 0 amide bonds. The SMILES string of the molecule is CCCOc1ccc(Br)cc1CNCCc1ccncc1. The van der Waals surface area contributed by atoms with Crippen LogP contribution in [0.1, 0.15) is 24.5 Å². The van der Waals surface area contributed by atoms with Crippen molar-refractivity contribution in [2.75, 3.05) is 13.2 Å². The van der Waals surface area contributed by atoms with Crippen LogP contribution in [0.2, 0.25) is 0 Å². The number of hydrogen-bond donors (Lipinski definition) is 1. The number of ether oxygens (including phenoxy) is 1. The minimum Gasteiger partial charge on any atom is -0.493 e. The van der Waals surface area contributed by atoms with Crippen LogP contribution in [-0.2, 0) is 13.0 Å². The number of rotatable bonds is 8. The maximum Gasteiger partial charge on any atom is 0.123 e. The van der Waals surface area contributed by atoms with Crippen LogP contribution in [0.15, 0.2) is 47.2 Å². The van der Waals surface area contributed by atoms with Crippen LogP contribution in [0.3, 0.4) is 0 Å². The van der Waals surface area contributed by atoms with Crippen molar-refractivity contribution >= 4 is 15.9 Å². The van der Waals surface area contributed by atoms with Gasteiger partial charge in [0.2, 0.25) is 0 Å². The summed E-state index contributed by atoms with van der Waals surface area (Å²) in [5.41, 5.74) is 2.49. The van der Waals surface area contributed by atoms with E-state index in [1.807, 2.05) is 24.5 Å². The fraction of sp³-hybridized carbons (Fsp3) is 0.353. The van der Waals surface area contributed by atoms with Gasteiger partial charge in [-0.15, -0.1) is 0 Å². The molecule has 0 saturated heterocycles. The summed E-state index contributed by atoms with van der Waals surface area (Å²) in [6.07, 6.45) is 5.69. The van der Waals surface area contributed by atoms with E-state index in [-0.39, 0.29) is 0 Å². The molecule has 0 aliphatic rings. The Balaban J connectivity index is 1.85. The van der Waals surface area contributed by atoms with Crippen LogP contribution >= 0.6 is 15.9 Å². The van der Waals surface area contributed by atoms with Crippen molar-refractivity contribution in [2.24, 2.45) is 0 Å². The Labute approximate surface area is 134 Å². The topological polar surface area (TPSA) is 34.1 Å². The zero-order valence-corrected chi connectivity index (χ0v) is 13.9. The molecule has 0 unspecified atom stereocenters. The number of hydrogen-bond acceptors (Lipinski definition) is 3. The lowest BCUT2D eigenvalue weighted by Gasteiger charge is -2.12. The average Bonchev–Trinajstić information content (AvgIpc) is 2.52. The molecule has 0 fully saturated rings. The van der Waals surface area contributed by atoms with Crippen LogP contribution < -0.4 is 10.1 Å². The molecule has 0 radical (unpaired) electrons. The van der Waals surface area contributed by atoms with Crippen molar-refractivity contribution in [1.82, 2.24) is 10.3 Å². The summed E-state index contributed by atoms with van der Waals surface area (Å²) < 4.78 is 6.87. The Morgan fingerprint density at radius 2 is 2.00 bits per heavy atom. The number of benzene rings is 1. The van der Waals surface area contributed by atoms with Crippen molar-refractivity contribution < 1.29 is 4.74 Å². The van der Waals surface area contributed by atoms with Gasteiger partial charge in [0.15, 0.2) is 0 Å². The maximum atomic E-state index is 5.79. The first-order valence-corrected chi connectivity index (χ1v) is 8.09. The van der Waals surface area contributed by atoms with Gasteiger partial charge in [0, 0.05) is 29.0 Å². The van der Waals surface area contributed by atoms with Crippen LogP contribution in [0.25, 0.3) is 0 Å². The Morgan fingerprint density at radius 1 is 1.19 bits per heavy atom. The van der Waals surface area contributed by atoms with E-state index in [1.165, 1.54) is 11.1 Å². The van der Waals surface area contributed by atoms with Crippen molar-refractivity contribution in [1.29, 1.82) is 0 Å². The molecule has 4 heteroatoms. The quantitative estimate of drug-likeness (QED) is 0.733. The lowest BCUT2D eigenvalue weighted by Crippen LogP contribution is -2.17.